The Hall–Kier alpha value is 0.660. The Morgan fingerprint density at radius 2 is 1.33 bits per heavy atom. The Bertz CT molecular complexity index is 33.8. The molecule has 0 heterocycles. The number of hydrogen-bond donors (Lipinski definition) is 0. The van der Waals surface area contributed by atoms with Gasteiger partial charge in [-0.15, -0.1) is 0 Å². The van der Waals surface area contributed by atoms with Crippen LogP contribution < -0.4 is 10.2 Å². The molecule has 0 saturated heterocycles. The first-order chi connectivity index (χ1) is 1.73. The molecule has 0 aromatic carbocycles. The molecule has 1 radical (unpaired) electrons. The fourth-order valence-corrected chi connectivity index (χ4v) is 0. The number of carbonyl (C=O) groups is 1. The third kappa shape index (κ3) is 143. The molecular formula is CH2MgO3Rh. The fraction of sp³-hybridized carbons (Fsp3) is 0. The first-order valence-corrected chi connectivity index (χ1v) is 0.612. The van der Waals surface area contributed by atoms with Crippen LogP contribution >= 0.6 is 0 Å². The fourth-order valence-electron chi connectivity index (χ4n) is 0. The van der Waals surface area contributed by atoms with Crippen molar-refractivity contribution in [1.29, 1.82) is 0 Å². The zero-order valence-corrected chi connectivity index (χ0v) is 3.70. The molecule has 0 saturated carbocycles. The second-order valence-corrected chi connectivity index (χ2v) is 0.250. The molecule has 35 valence electrons. The van der Waals surface area contributed by atoms with Crippen molar-refractivity contribution >= 4 is 29.2 Å². The van der Waals surface area contributed by atoms with Crippen LogP contribution in [0.3, 0.4) is 0 Å². The van der Waals surface area contributed by atoms with Crippen LogP contribution in [0.2, 0.25) is 0 Å². The first-order valence-electron chi connectivity index (χ1n) is 0.612. The minimum absolute atomic E-state index is 0. The number of hydrogen-bond acceptors (Lipinski definition) is 3. The second kappa shape index (κ2) is 9.18. The molecule has 3 nitrogen and oxygen atoms in total. The molecule has 6 heavy (non-hydrogen) atoms. The molecule has 0 aliphatic heterocycles. The van der Waals surface area contributed by atoms with Gasteiger partial charge in [-0.05, 0) is 6.16 Å². The summed E-state index contributed by atoms with van der Waals surface area (Å²) in [5.41, 5.74) is 0. The van der Waals surface area contributed by atoms with Crippen LogP contribution in [0.15, 0.2) is 0 Å². The maximum Gasteiger partial charge on any atom is 2.00 e. The van der Waals surface area contributed by atoms with Gasteiger partial charge in [0.25, 0.3) is 0 Å². The maximum atomic E-state index is 8.33. The summed E-state index contributed by atoms with van der Waals surface area (Å²) in [6, 6.07) is 0. The zero-order chi connectivity index (χ0) is 3.58. The average Bonchev–Trinajstić information content (AvgIpc) is 0.811. The van der Waals surface area contributed by atoms with Gasteiger partial charge in [-0.2, -0.15) is 0 Å². The Labute approximate surface area is 63.6 Å². The van der Waals surface area contributed by atoms with E-state index in [-0.39, 0.29) is 42.5 Å². The number of rotatable bonds is 0. The number of carboxylic acid groups (broad SMARTS) is 2. The van der Waals surface area contributed by atoms with Crippen LogP contribution in [0.4, 0.5) is 4.79 Å². The quantitative estimate of drug-likeness (QED) is 0.374. The van der Waals surface area contributed by atoms with Gasteiger partial charge in [-0.25, -0.2) is 0 Å². The molecule has 0 unspecified atom stereocenters. The molecule has 0 atom stereocenters. The van der Waals surface area contributed by atoms with E-state index in [0.29, 0.717) is 0 Å². The molecular weight excluding hydrogens is 187 g/mol. The summed E-state index contributed by atoms with van der Waals surface area (Å²) in [5, 5.41) is 16.7. The minimum Gasteiger partial charge on any atom is -0.652 e. The van der Waals surface area contributed by atoms with Crippen molar-refractivity contribution in [2.24, 2.45) is 0 Å². The van der Waals surface area contributed by atoms with Gasteiger partial charge in [0, 0.05) is 0 Å². The van der Waals surface area contributed by atoms with Gasteiger partial charge in [0.2, 0.25) is 0 Å². The smallest absolute Gasteiger partial charge is 0.652 e. The van der Waals surface area contributed by atoms with Gasteiger partial charge >= 0.3 is 42.5 Å². The molecule has 0 aromatic rings. The van der Waals surface area contributed by atoms with E-state index in [1.807, 2.05) is 0 Å². The van der Waals surface area contributed by atoms with E-state index in [9.17, 15) is 0 Å². The van der Waals surface area contributed by atoms with Crippen molar-refractivity contribution in [3.05, 3.63) is 0 Å². The Kier molecular flexibility index (Phi) is 24.4. The van der Waals surface area contributed by atoms with Crippen LogP contribution in [0.5, 0.6) is 0 Å². The molecule has 0 N–H and O–H groups in total. The van der Waals surface area contributed by atoms with E-state index < -0.39 is 6.16 Å². The predicted octanol–water partition coefficient (Wildman–Crippen LogP) is -3.37. The standard InChI is InChI=1S/CH2O3.Mg.Rh.2H/c2-1(3)4;;;;/h(H2,2,3,4);;;;/q;;+2;;/p-2. The van der Waals surface area contributed by atoms with E-state index in [0.717, 1.165) is 0 Å². The molecule has 0 fully saturated rings. The maximum absolute atomic E-state index is 8.33. The summed E-state index contributed by atoms with van der Waals surface area (Å²) >= 11 is 0. The normalized spacial score (nSPS) is 4.00. The molecule has 0 aliphatic carbocycles. The zero-order valence-electron chi connectivity index (χ0n) is 2.06. The molecule has 0 aliphatic rings. The van der Waals surface area contributed by atoms with E-state index in [1.165, 1.54) is 0 Å². The van der Waals surface area contributed by atoms with Crippen LogP contribution in [-0.2, 0) is 19.5 Å². The SMILES string of the molecule is O=C([O-])[O-].[MgH2].[Rh+2]. The van der Waals surface area contributed by atoms with Crippen molar-refractivity contribution in [2.45, 2.75) is 0 Å². The van der Waals surface area contributed by atoms with E-state index in [1.54, 1.807) is 0 Å². The van der Waals surface area contributed by atoms with E-state index >= 15 is 0 Å². The topological polar surface area (TPSA) is 63.2 Å². The summed E-state index contributed by atoms with van der Waals surface area (Å²) in [6.07, 6.45) is -2.33. The van der Waals surface area contributed by atoms with Gasteiger partial charge in [-0.1, -0.05) is 0 Å². The van der Waals surface area contributed by atoms with Gasteiger partial charge in [-0.3, -0.25) is 0 Å². The van der Waals surface area contributed by atoms with Crippen molar-refractivity contribution in [1.82, 2.24) is 0 Å². The summed E-state index contributed by atoms with van der Waals surface area (Å²) in [4.78, 5) is 8.33. The Morgan fingerprint density at radius 3 is 1.33 bits per heavy atom. The Morgan fingerprint density at radius 1 is 1.33 bits per heavy atom. The van der Waals surface area contributed by atoms with Crippen molar-refractivity contribution in [3.63, 3.8) is 0 Å². The monoisotopic (exact) mass is 189 g/mol. The van der Waals surface area contributed by atoms with E-state index in [4.69, 9.17) is 15.0 Å². The molecule has 0 amide bonds. The third-order valence-electron chi connectivity index (χ3n) is 0. The minimum atomic E-state index is -2.33. The number of carbonyl (C=O) groups excluding carboxylic acids is 1. The molecule has 0 bridgehead atoms. The van der Waals surface area contributed by atoms with Crippen molar-refractivity contribution in [3.8, 4) is 0 Å². The van der Waals surface area contributed by atoms with Crippen LogP contribution in [0.25, 0.3) is 0 Å². The van der Waals surface area contributed by atoms with Crippen LogP contribution in [0, 0.1) is 0 Å². The van der Waals surface area contributed by atoms with Gasteiger partial charge in [0.1, 0.15) is 0 Å². The Balaban J connectivity index is -0.0000000450. The van der Waals surface area contributed by atoms with Gasteiger partial charge < -0.3 is 15.0 Å². The average molecular weight is 189 g/mol. The van der Waals surface area contributed by atoms with E-state index in [2.05, 4.69) is 0 Å². The summed E-state index contributed by atoms with van der Waals surface area (Å²) < 4.78 is 0. The van der Waals surface area contributed by atoms with Gasteiger partial charge in [0.05, 0.1) is 0 Å². The molecule has 0 spiro atoms. The molecule has 5 heteroatoms. The van der Waals surface area contributed by atoms with Crippen LogP contribution in [0.1, 0.15) is 0 Å². The third-order valence-corrected chi connectivity index (χ3v) is 0. The largest absolute Gasteiger partial charge is 2.00 e. The summed E-state index contributed by atoms with van der Waals surface area (Å²) in [6.45, 7) is 0. The summed E-state index contributed by atoms with van der Waals surface area (Å²) in [5.74, 6) is 0. The van der Waals surface area contributed by atoms with Crippen molar-refractivity contribution < 1.29 is 34.5 Å². The van der Waals surface area contributed by atoms with Crippen molar-refractivity contribution in [2.75, 3.05) is 0 Å². The van der Waals surface area contributed by atoms with Gasteiger partial charge in [0.15, 0.2) is 0 Å². The first kappa shape index (κ1) is 15.9. The van der Waals surface area contributed by atoms with Crippen LogP contribution in [-0.4, -0.2) is 29.2 Å². The molecule has 0 rings (SSSR count). The second-order valence-electron chi connectivity index (χ2n) is 0.250. The predicted molar refractivity (Wildman–Crippen MR) is 13.9 cm³/mol. The summed E-state index contributed by atoms with van der Waals surface area (Å²) in [7, 11) is 0. The molecule has 0 aromatic heterocycles.